The Bertz CT molecular complexity index is 303. The minimum atomic E-state index is -0.247. The fourth-order valence-electron chi connectivity index (χ4n) is 3.46. The highest BCUT2D eigenvalue weighted by Gasteiger charge is 2.37. The van der Waals surface area contributed by atoms with E-state index in [2.05, 4.69) is 12.2 Å². The fourth-order valence-corrected chi connectivity index (χ4v) is 3.46. The zero-order valence-electron chi connectivity index (χ0n) is 12.1. The van der Waals surface area contributed by atoms with E-state index in [-0.39, 0.29) is 18.1 Å². The molecule has 0 bridgehead atoms. The van der Waals surface area contributed by atoms with Crippen LogP contribution in [0, 0.1) is 5.92 Å². The maximum atomic E-state index is 11.9. The van der Waals surface area contributed by atoms with E-state index in [1.165, 1.54) is 19.3 Å². The summed E-state index contributed by atoms with van der Waals surface area (Å²) in [4.78, 5) is 11.9. The van der Waals surface area contributed by atoms with Gasteiger partial charge in [-0.25, -0.2) is 0 Å². The van der Waals surface area contributed by atoms with Crippen LogP contribution in [0.3, 0.4) is 0 Å². The number of amides is 1. The molecule has 4 nitrogen and oxygen atoms in total. The van der Waals surface area contributed by atoms with Gasteiger partial charge in [0.15, 0.2) is 0 Å². The molecule has 2 fully saturated rings. The van der Waals surface area contributed by atoms with Gasteiger partial charge >= 0.3 is 0 Å². The number of nitrogens with two attached hydrogens (primary N) is 1. The molecule has 0 aliphatic heterocycles. The Balaban J connectivity index is 1.73. The molecule has 0 aromatic rings. The van der Waals surface area contributed by atoms with E-state index in [1.807, 2.05) is 0 Å². The molecular weight excluding hydrogens is 240 g/mol. The Morgan fingerprint density at radius 3 is 2.63 bits per heavy atom. The molecule has 2 rings (SSSR count). The van der Waals surface area contributed by atoms with Crippen LogP contribution in [0.15, 0.2) is 0 Å². The first-order chi connectivity index (χ1) is 9.13. The van der Waals surface area contributed by atoms with Crippen LogP contribution >= 0.6 is 0 Å². The molecular formula is C15H28N2O2. The lowest BCUT2D eigenvalue weighted by atomic mass is 9.95. The van der Waals surface area contributed by atoms with Crippen LogP contribution in [-0.2, 0) is 9.53 Å². The molecule has 0 aromatic heterocycles. The molecule has 0 radical (unpaired) electrons. The minimum absolute atomic E-state index is 0.0271. The summed E-state index contributed by atoms with van der Waals surface area (Å²) in [7, 11) is 0. The van der Waals surface area contributed by atoms with Gasteiger partial charge in [-0.15, -0.1) is 0 Å². The highest BCUT2D eigenvalue weighted by atomic mass is 16.5. The Labute approximate surface area is 116 Å². The van der Waals surface area contributed by atoms with Crippen LogP contribution < -0.4 is 11.1 Å². The second kappa shape index (κ2) is 6.71. The SMILES string of the molecule is CC1CCC(CN)(OCC(=O)NC2CCCCC2)C1. The average molecular weight is 268 g/mol. The van der Waals surface area contributed by atoms with Gasteiger partial charge in [-0.05, 0) is 38.0 Å². The predicted molar refractivity (Wildman–Crippen MR) is 75.8 cm³/mol. The van der Waals surface area contributed by atoms with Crippen molar-refractivity contribution in [3.05, 3.63) is 0 Å². The summed E-state index contributed by atoms with van der Waals surface area (Å²) in [6.45, 7) is 2.91. The third-order valence-electron chi connectivity index (χ3n) is 4.66. The molecule has 2 aliphatic carbocycles. The molecule has 0 spiro atoms. The van der Waals surface area contributed by atoms with Crippen molar-refractivity contribution in [2.24, 2.45) is 11.7 Å². The summed E-state index contributed by atoms with van der Waals surface area (Å²) in [6.07, 6.45) is 9.13. The molecule has 0 saturated heterocycles. The van der Waals surface area contributed by atoms with Crippen molar-refractivity contribution in [3.63, 3.8) is 0 Å². The van der Waals surface area contributed by atoms with Crippen molar-refractivity contribution < 1.29 is 9.53 Å². The highest BCUT2D eigenvalue weighted by molar-refractivity contribution is 5.77. The number of hydrogen-bond donors (Lipinski definition) is 2. The number of rotatable bonds is 5. The summed E-state index contributed by atoms with van der Waals surface area (Å²) in [5.74, 6) is 0.684. The Kier molecular flexibility index (Phi) is 5.22. The molecule has 2 aliphatic rings. The molecule has 110 valence electrons. The van der Waals surface area contributed by atoms with Crippen molar-refractivity contribution >= 4 is 5.91 Å². The monoisotopic (exact) mass is 268 g/mol. The topological polar surface area (TPSA) is 64.3 Å². The van der Waals surface area contributed by atoms with E-state index >= 15 is 0 Å². The molecule has 2 saturated carbocycles. The third-order valence-corrected chi connectivity index (χ3v) is 4.66. The first kappa shape index (κ1) is 14.8. The van der Waals surface area contributed by atoms with Crippen molar-refractivity contribution in [1.82, 2.24) is 5.32 Å². The van der Waals surface area contributed by atoms with E-state index in [1.54, 1.807) is 0 Å². The van der Waals surface area contributed by atoms with E-state index < -0.39 is 0 Å². The van der Waals surface area contributed by atoms with Gasteiger partial charge in [0.05, 0.1) is 5.60 Å². The van der Waals surface area contributed by atoms with E-state index in [4.69, 9.17) is 10.5 Å². The number of carbonyl (C=O) groups is 1. The number of carbonyl (C=O) groups excluding carboxylic acids is 1. The lowest BCUT2D eigenvalue weighted by molar-refractivity contribution is -0.133. The fraction of sp³-hybridized carbons (Fsp3) is 0.933. The van der Waals surface area contributed by atoms with Gasteiger partial charge in [0.25, 0.3) is 0 Å². The van der Waals surface area contributed by atoms with E-state index in [0.717, 1.165) is 32.1 Å². The van der Waals surface area contributed by atoms with Gasteiger partial charge in [-0.3, -0.25) is 4.79 Å². The maximum Gasteiger partial charge on any atom is 0.246 e. The summed E-state index contributed by atoms with van der Waals surface area (Å²) in [5.41, 5.74) is 5.60. The van der Waals surface area contributed by atoms with Crippen LogP contribution in [0.4, 0.5) is 0 Å². The lowest BCUT2D eigenvalue weighted by Gasteiger charge is -2.29. The summed E-state index contributed by atoms with van der Waals surface area (Å²) in [5, 5.41) is 3.09. The zero-order chi connectivity index (χ0) is 13.7. The van der Waals surface area contributed by atoms with Crippen molar-refractivity contribution in [1.29, 1.82) is 0 Å². The van der Waals surface area contributed by atoms with Gasteiger partial charge in [-0.2, -0.15) is 0 Å². The molecule has 19 heavy (non-hydrogen) atoms. The van der Waals surface area contributed by atoms with Crippen molar-refractivity contribution in [2.45, 2.75) is 69.9 Å². The Morgan fingerprint density at radius 1 is 1.32 bits per heavy atom. The molecule has 0 aromatic carbocycles. The van der Waals surface area contributed by atoms with Gasteiger partial charge in [-0.1, -0.05) is 26.2 Å². The Morgan fingerprint density at radius 2 is 2.05 bits per heavy atom. The minimum Gasteiger partial charge on any atom is -0.364 e. The highest BCUT2D eigenvalue weighted by Crippen LogP contribution is 2.36. The van der Waals surface area contributed by atoms with Crippen molar-refractivity contribution in [2.75, 3.05) is 13.2 Å². The first-order valence-corrected chi connectivity index (χ1v) is 7.77. The molecule has 2 atom stereocenters. The number of nitrogens with one attached hydrogen (secondary N) is 1. The predicted octanol–water partition coefficient (Wildman–Crippen LogP) is 1.97. The van der Waals surface area contributed by atoms with Gasteiger partial charge in [0.1, 0.15) is 6.61 Å². The Hall–Kier alpha value is -0.610. The molecule has 0 heterocycles. The lowest BCUT2D eigenvalue weighted by Crippen LogP contribution is -2.44. The van der Waals surface area contributed by atoms with E-state index in [9.17, 15) is 4.79 Å². The van der Waals surface area contributed by atoms with Crippen LogP contribution in [0.2, 0.25) is 0 Å². The van der Waals surface area contributed by atoms with Gasteiger partial charge in [0, 0.05) is 12.6 Å². The summed E-state index contributed by atoms with van der Waals surface area (Å²) in [6, 6.07) is 0.362. The largest absolute Gasteiger partial charge is 0.364 e. The van der Waals surface area contributed by atoms with Crippen LogP contribution in [0.25, 0.3) is 0 Å². The number of ether oxygens (including phenoxy) is 1. The third kappa shape index (κ3) is 4.18. The normalized spacial score (nSPS) is 32.4. The zero-order valence-corrected chi connectivity index (χ0v) is 12.1. The summed E-state index contributed by atoms with van der Waals surface area (Å²) < 4.78 is 5.88. The quantitative estimate of drug-likeness (QED) is 0.801. The van der Waals surface area contributed by atoms with Crippen molar-refractivity contribution in [3.8, 4) is 0 Å². The van der Waals surface area contributed by atoms with Crippen LogP contribution in [0.5, 0.6) is 0 Å². The molecule has 2 unspecified atom stereocenters. The molecule has 1 amide bonds. The van der Waals surface area contributed by atoms with Crippen LogP contribution in [0.1, 0.15) is 58.3 Å². The van der Waals surface area contributed by atoms with E-state index in [0.29, 0.717) is 18.5 Å². The maximum absolute atomic E-state index is 11.9. The second-order valence-corrected chi connectivity index (χ2v) is 6.43. The van der Waals surface area contributed by atoms with Gasteiger partial charge in [0.2, 0.25) is 5.91 Å². The average Bonchev–Trinajstić information content (AvgIpc) is 2.80. The molecule has 3 N–H and O–H groups in total. The molecule has 4 heteroatoms. The first-order valence-electron chi connectivity index (χ1n) is 7.77. The standard InChI is InChI=1S/C15H28N2O2/c1-12-7-8-15(9-12,11-16)19-10-14(18)17-13-5-3-2-4-6-13/h12-13H,2-11,16H2,1H3,(H,17,18). The summed E-state index contributed by atoms with van der Waals surface area (Å²) >= 11 is 0. The second-order valence-electron chi connectivity index (χ2n) is 6.43. The van der Waals surface area contributed by atoms with Gasteiger partial charge < -0.3 is 15.8 Å². The number of hydrogen-bond acceptors (Lipinski definition) is 3. The van der Waals surface area contributed by atoms with Crippen LogP contribution in [-0.4, -0.2) is 30.7 Å². The smallest absolute Gasteiger partial charge is 0.246 e.